The van der Waals surface area contributed by atoms with Crippen molar-refractivity contribution in [2.75, 3.05) is 13.2 Å². The molecule has 2 aliphatic rings. The third-order valence-corrected chi connectivity index (χ3v) is 12.0. The van der Waals surface area contributed by atoms with Crippen LogP contribution in [0.3, 0.4) is 0 Å². The van der Waals surface area contributed by atoms with Crippen LogP contribution in [0.4, 0.5) is 0 Å². The summed E-state index contributed by atoms with van der Waals surface area (Å²) in [5.74, 6) is -0.124. The van der Waals surface area contributed by atoms with Crippen LogP contribution in [0.1, 0.15) is 46.5 Å². The van der Waals surface area contributed by atoms with Gasteiger partial charge in [0, 0.05) is 19.3 Å². The van der Waals surface area contributed by atoms with E-state index in [2.05, 4.69) is 87.5 Å². The molecule has 5 heteroatoms. The third kappa shape index (κ3) is 4.70. The fraction of sp³-hybridized carbons (Fsp3) is 0.519. The summed E-state index contributed by atoms with van der Waals surface area (Å²) in [4.78, 5) is 0. The molecule has 2 fully saturated rings. The topological polar surface area (TPSA) is 51.5 Å². The second-order valence-electron chi connectivity index (χ2n) is 10.1. The average Bonchev–Trinajstić information content (AvgIpc) is 3.19. The van der Waals surface area contributed by atoms with Gasteiger partial charge < -0.3 is 13.9 Å². The summed E-state index contributed by atoms with van der Waals surface area (Å²) >= 11 is 0. The lowest BCUT2D eigenvalue weighted by Crippen LogP contribution is -2.67. The van der Waals surface area contributed by atoms with E-state index in [4.69, 9.17) is 13.9 Å². The van der Waals surface area contributed by atoms with Gasteiger partial charge in [0.2, 0.25) is 0 Å². The molecule has 0 spiro atoms. The van der Waals surface area contributed by atoms with Crippen LogP contribution in [0, 0.1) is 17.2 Å². The van der Waals surface area contributed by atoms with Crippen molar-refractivity contribution >= 4 is 18.7 Å². The lowest BCUT2D eigenvalue weighted by Gasteiger charge is -2.44. The fourth-order valence-electron chi connectivity index (χ4n) is 5.34. The zero-order valence-corrected chi connectivity index (χ0v) is 20.5. The normalized spacial score (nSPS) is 24.9. The van der Waals surface area contributed by atoms with Crippen molar-refractivity contribution in [3.05, 3.63) is 60.7 Å². The molecule has 1 aliphatic carbocycles. The van der Waals surface area contributed by atoms with Crippen LogP contribution in [0.2, 0.25) is 5.04 Å². The Morgan fingerprint density at radius 3 is 1.94 bits per heavy atom. The molecule has 170 valence electrons. The van der Waals surface area contributed by atoms with E-state index >= 15 is 0 Å². The Labute approximate surface area is 193 Å². The van der Waals surface area contributed by atoms with Crippen LogP contribution in [0.5, 0.6) is 0 Å². The van der Waals surface area contributed by atoms with Gasteiger partial charge in [0.1, 0.15) is 0 Å². The Bertz CT molecular complexity index is 860. The van der Waals surface area contributed by atoms with Crippen LogP contribution in [-0.4, -0.2) is 39.8 Å². The van der Waals surface area contributed by atoms with Crippen LogP contribution in [0.25, 0.3) is 0 Å². The molecular weight excluding hydrogens is 414 g/mol. The molecule has 4 rings (SSSR count). The largest absolute Gasteiger partial charge is 0.404 e. The molecule has 1 heterocycles. The van der Waals surface area contributed by atoms with Gasteiger partial charge in [-0.1, -0.05) is 81.4 Å². The van der Waals surface area contributed by atoms with Gasteiger partial charge in [-0.2, -0.15) is 5.26 Å². The van der Waals surface area contributed by atoms with E-state index in [0.29, 0.717) is 0 Å². The van der Waals surface area contributed by atoms with E-state index in [1.165, 1.54) is 10.4 Å². The molecule has 0 radical (unpaired) electrons. The highest BCUT2D eigenvalue weighted by Crippen LogP contribution is 2.41. The van der Waals surface area contributed by atoms with Gasteiger partial charge in [0.15, 0.2) is 0 Å². The molecule has 1 aliphatic heterocycles. The maximum atomic E-state index is 9.88. The van der Waals surface area contributed by atoms with Crippen molar-refractivity contribution in [2.45, 2.75) is 69.8 Å². The molecule has 2 aromatic rings. The number of hydrogen-bond donors (Lipinski definition) is 0. The summed E-state index contributed by atoms with van der Waals surface area (Å²) in [6, 6.07) is 24.0. The molecule has 3 atom stereocenters. The summed E-state index contributed by atoms with van der Waals surface area (Å²) in [5.41, 5.74) is 0. The molecule has 1 saturated heterocycles. The number of nitrogens with zero attached hydrogens (tertiary/aromatic N) is 1. The van der Waals surface area contributed by atoms with Crippen molar-refractivity contribution in [1.82, 2.24) is 0 Å². The number of benzene rings is 2. The van der Waals surface area contributed by atoms with Crippen molar-refractivity contribution in [2.24, 2.45) is 5.92 Å². The van der Waals surface area contributed by atoms with Gasteiger partial charge in [0.25, 0.3) is 8.32 Å². The molecule has 0 amide bonds. The van der Waals surface area contributed by atoms with Gasteiger partial charge >= 0.3 is 0 Å². The van der Waals surface area contributed by atoms with Crippen molar-refractivity contribution in [1.29, 1.82) is 5.26 Å². The molecule has 1 saturated carbocycles. The minimum absolute atomic E-state index is 0.00999. The van der Waals surface area contributed by atoms with E-state index in [9.17, 15) is 5.26 Å². The average molecular weight is 450 g/mol. The minimum atomic E-state index is -2.62. The summed E-state index contributed by atoms with van der Waals surface area (Å²) in [6.07, 6.45) is 3.47. The molecule has 0 aromatic heterocycles. The fourth-order valence-corrected chi connectivity index (χ4v) is 10.0. The quantitative estimate of drug-likeness (QED) is 0.612. The lowest BCUT2D eigenvalue weighted by atomic mass is 10.1. The maximum Gasteiger partial charge on any atom is 0.261 e. The van der Waals surface area contributed by atoms with E-state index < -0.39 is 8.32 Å². The molecular formula is C27H35NO3Si. The van der Waals surface area contributed by atoms with E-state index in [1.807, 2.05) is 0 Å². The number of rotatable bonds is 6. The van der Waals surface area contributed by atoms with Gasteiger partial charge in [-0.15, -0.1) is 0 Å². The highest BCUT2D eigenvalue weighted by molar-refractivity contribution is 6.99. The van der Waals surface area contributed by atoms with Crippen LogP contribution in [-0.2, 0) is 13.9 Å². The Kier molecular flexibility index (Phi) is 7.16. The summed E-state index contributed by atoms with van der Waals surface area (Å²) in [5, 5.41) is 12.4. The predicted molar refractivity (Wildman–Crippen MR) is 130 cm³/mol. The van der Waals surface area contributed by atoms with Gasteiger partial charge in [0.05, 0.1) is 24.2 Å². The first-order valence-electron chi connectivity index (χ1n) is 11.9. The number of nitriles is 1. The van der Waals surface area contributed by atoms with Crippen LogP contribution < -0.4 is 10.4 Å². The molecule has 0 bridgehead atoms. The third-order valence-electron chi connectivity index (χ3n) is 6.92. The standard InChI is InChI=1S/C27H35NO3Si/c1-27(2,3)32(24-10-6-4-7-11-24,25-12-8-5-9-13-25)31-23-18-21(20-28)26(19-23)30-22-14-16-29-17-15-22/h4-13,21-23,26H,14-19H2,1-3H3/t21-,23-,26+/m1/s1. The summed E-state index contributed by atoms with van der Waals surface area (Å²) in [7, 11) is -2.62. The number of ether oxygens (including phenoxy) is 2. The van der Waals surface area contributed by atoms with Gasteiger partial charge in [-0.3, -0.25) is 0 Å². The lowest BCUT2D eigenvalue weighted by molar-refractivity contribution is -0.0751. The van der Waals surface area contributed by atoms with Crippen molar-refractivity contribution in [3.8, 4) is 6.07 Å². The summed E-state index contributed by atoms with van der Waals surface area (Å²) < 4.78 is 19.2. The number of hydrogen-bond acceptors (Lipinski definition) is 4. The molecule has 2 aromatic carbocycles. The molecule has 0 unspecified atom stereocenters. The van der Waals surface area contributed by atoms with E-state index in [1.54, 1.807) is 0 Å². The van der Waals surface area contributed by atoms with Crippen molar-refractivity contribution in [3.63, 3.8) is 0 Å². The zero-order valence-electron chi connectivity index (χ0n) is 19.5. The first-order valence-corrected chi connectivity index (χ1v) is 13.8. The Morgan fingerprint density at radius 2 is 1.44 bits per heavy atom. The smallest absolute Gasteiger partial charge is 0.261 e. The van der Waals surface area contributed by atoms with Crippen molar-refractivity contribution < 1.29 is 13.9 Å². The van der Waals surface area contributed by atoms with E-state index in [0.717, 1.165) is 38.9 Å². The summed E-state index contributed by atoms with van der Waals surface area (Å²) in [6.45, 7) is 8.39. The van der Waals surface area contributed by atoms with Gasteiger partial charge in [-0.05, 0) is 41.1 Å². The molecule has 0 N–H and O–H groups in total. The monoisotopic (exact) mass is 449 g/mol. The van der Waals surface area contributed by atoms with Crippen LogP contribution in [0.15, 0.2) is 60.7 Å². The van der Waals surface area contributed by atoms with Gasteiger partial charge in [-0.25, -0.2) is 0 Å². The highest BCUT2D eigenvalue weighted by Gasteiger charge is 2.53. The second-order valence-corrected chi connectivity index (χ2v) is 14.3. The second kappa shape index (κ2) is 9.89. The predicted octanol–water partition coefficient (Wildman–Crippen LogP) is 4.43. The first kappa shape index (κ1) is 23.2. The van der Waals surface area contributed by atoms with Crippen LogP contribution >= 0.6 is 0 Å². The SMILES string of the molecule is CC(C)(C)[Si](O[C@H]1C[C@H](OC2CCOCC2)[C@@H](C#N)C1)(c1ccccc1)c1ccccc1. The zero-order chi connectivity index (χ0) is 22.6. The molecule has 32 heavy (non-hydrogen) atoms. The van der Waals surface area contributed by atoms with E-state index in [-0.39, 0.29) is 29.3 Å². The minimum Gasteiger partial charge on any atom is -0.404 e. The first-order chi connectivity index (χ1) is 15.4. The Balaban J connectivity index is 1.65. The highest BCUT2D eigenvalue weighted by atomic mass is 28.4. The Hall–Kier alpha value is -1.97. The Morgan fingerprint density at radius 1 is 0.875 bits per heavy atom. The molecule has 4 nitrogen and oxygen atoms in total. The maximum absolute atomic E-state index is 9.88.